The van der Waals surface area contributed by atoms with Crippen LogP contribution < -0.4 is 10.5 Å². The van der Waals surface area contributed by atoms with Crippen LogP contribution >= 0.6 is 0 Å². The normalized spacial score (nSPS) is 9.90. The van der Waals surface area contributed by atoms with Crippen molar-refractivity contribution in [2.24, 2.45) is 0 Å². The predicted molar refractivity (Wildman–Crippen MR) is 73.6 cm³/mol. The SMILES string of the molecule is CCOc1cccc(N)c1C(=O)OCCCC(=O)OC. The number of nitrogens with two attached hydrogens (primary N) is 1. The first-order valence-electron chi connectivity index (χ1n) is 6.35. The zero-order valence-corrected chi connectivity index (χ0v) is 11.7. The Hall–Kier alpha value is -2.24. The van der Waals surface area contributed by atoms with Gasteiger partial charge in [0.25, 0.3) is 0 Å². The number of anilines is 1. The van der Waals surface area contributed by atoms with E-state index in [4.69, 9.17) is 15.2 Å². The summed E-state index contributed by atoms with van der Waals surface area (Å²) in [6, 6.07) is 4.97. The van der Waals surface area contributed by atoms with Crippen LogP contribution in [0.3, 0.4) is 0 Å². The van der Waals surface area contributed by atoms with Crippen molar-refractivity contribution < 1.29 is 23.8 Å². The zero-order chi connectivity index (χ0) is 15.0. The highest BCUT2D eigenvalue weighted by atomic mass is 16.5. The van der Waals surface area contributed by atoms with Gasteiger partial charge in [0, 0.05) is 12.1 Å². The summed E-state index contributed by atoms with van der Waals surface area (Å²) in [5, 5.41) is 0. The van der Waals surface area contributed by atoms with Crippen molar-refractivity contribution in [2.75, 3.05) is 26.1 Å². The molecular formula is C14H19NO5. The van der Waals surface area contributed by atoms with E-state index in [1.54, 1.807) is 18.2 Å². The van der Waals surface area contributed by atoms with Crippen LogP contribution in [0.15, 0.2) is 18.2 Å². The third-order valence-corrected chi connectivity index (χ3v) is 2.55. The number of esters is 2. The Bertz CT molecular complexity index is 473. The molecule has 0 aliphatic rings. The van der Waals surface area contributed by atoms with Crippen LogP contribution in [0.1, 0.15) is 30.1 Å². The molecule has 1 aromatic rings. The molecule has 6 heteroatoms. The molecule has 6 nitrogen and oxygen atoms in total. The minimum absolute atomic E-state index is 0.119. The van der Waals surface area contributed by atoms with Gasteiger partial charge in [-0.3, -0.25) is 4.79 Å². The van der Waals surface area contributed by atoms with E-state index in [1.807, 2.05) is 6.92 Å². The summed E-state index contributed by atoms with van der Waals surface area (Å²) in [7, 11) is 1.31. The van der Waals surface area contributed by atoms with Gasteiger partial charge in [-0.15, -0.1) is 0 Å². The van der Waals surface area contributed by atoms with E-state index in [9.17, 15) is 9.59 Å². The van der Waals surface area contributed by atoms with Crippen molar-refractivity contribution >= 4 is 17.6 Å². The number of carbonyl (C=O) groups excluding carboxylic acids is 2. The molecule has 1 aromatic carbocycles. The molecule has 0 spiro atoms. The van der Waals surface area contributed by atoms with Crippen LogP contribution in [0, 0.1) is 0 Å². The van der Waals surface area contributed by atoms with Gasteiger partial charge in [0.1, 0.15) is 11.3 Å². The molecule has 0 bridgehead atoms. The topological polar surface area (TPSA) is 87.9 Å². The molecule has 0 heterocycles. The van der Waals surface area contributed by atoms with Gasteiger partial charge in [0.2, 0.25) is 0 Å². The van der Waals surface area contributed by atoms with E-state index in [0.717, 1.165) is 0 Å². The van der Waals surface area contributed by atoms with Gasteiger partial charge in [0.05, 0.1) is 20.3 Å². The van der Waals surface area contributed by atoms with Crippen molar-refractivity contribution in [3.63, 3.8) is 0 Å². The number of rotatable bonds is 7. The van der Waals surface area contributed by atoms with Crippen molar-refractivity contribution in [2.45, 2.75) is 19.8 Å². The Kier molecular flexibility index (Phi) is 6.36. The standard InChI is InChI=1S/C14H19NO5/c1-3-19-11-7-4-6-10(15)13(11)14(17)20-9-5-8-12(16)18-2/h4,6-7H,3,5,8-9,15H2,1-2H3. The quantitative estimate of drug-likeness (QED) is 0.465. The zero-order valence-electron chi connectivity index (χ0n) is 11.7. The van der Waals surface area contributed by atoms with Gasteiger partial charge in [-0.25, -0.2) is 4.79 Å². The van der Waals surface area contributed by atoms with Crippen LogP contribution in [-0.4, -0.2) is 32.3 Å². The first-order valence-corrected chi connectivity index (χ1v) is 6.35. The lowest BCUT2D eigenvalue weighted by atomic mass is 10.1. The number of methoxy groups -OCH3 is 1. The average molecular weight is 281 g/mol. The molecule has 0 atom stereocenters. The van der Waals surface area contributed by atoms with Crippen LogP contribution in [0.4, 0.5) is 5.69 Å². The fraction of sp³-hybridized carbons (Fsp3) is 0.429. The minimum Gasteiger partial charge on any atom is -0.493 e. The molecule has 110 valence electrons. The number of hydrogen-bond donors (Lipinski definition) is 1. The molecular weight excluding hydrogens is 262 g/mol. The smallest absolute Gasteiger partial charge is 0.344 e. The van der Waals surface area contributed by atoms with Crippen LogP contribution in [0.25, 0.3) is 0 Å². The fourth-order valence-corrected chi connectivity index (χ4v) is 1.60. The van der Waals surface area contributed by atoms with Gasteiger partial charge >= 0.3 is 11.9 Å². The van der Waals surface area contributed by atoms with Crippen LogP contribution in [0.5, 0.6) is 5.75 Å². The maximum absolute atomic E-state index is 12.0. The third-order valence-electron chi connectivity index (χ3n) is 2.55. The maximum atomic E-state index is 12.0. The highest BCUT2D eigenvalue weighted by molar-refractivity contribution is 5.98. The van der Waals surface area contributed by atoms with E-state index >= 15 is 0 Å². The Balaban J connectivity index is 2.61. The van der Waals surface area contributed by atoms with E-state index < -0.39 is 5.97 Å². The number of benzene rings is 1. The van der Waals surface area contributed by atoms with Gasteiger partial charge in [-0.2, -0.15) is 0 Å². The Morgan fingerprint density at radius 2 is 2.05 bits per heavy atom. The van der Waals surface area contributed by atoms with E-state index in [-0.39, 0.29) is 24.6 Å². The van der Waals surface area contributed by atoms with Gasteiger partial charge in [0.15, 0.2) is 0 Å². The summed E-state index contributed by atoms with van der Waals surface area (Å²) in [5.74, 6) is -0.503. The number of ether oxygens (including phenoxy) is 3. The van der Waals surface area contributed by atoms with Crippen molar-refractivity contribution in [1.82, 2.24) is 0 Å². The van der Waals surface area contributed by atoms with E-state index in [0.29, 0.717) is 24.5 Å². The van der Waals surface area contributed by atoms with Crippen molar-refractivity contribution in [3.05, 3.63) is 23.8 Å². The van der Waals surface area contributed by atoms with Crippen molar-refractivity contribution in [3.8, 4) is 5.75 Å². The van der Waals surface area contributed by atoms with Gasteiger partial charge in [-0.05, 0) is 25.5 Å². The monoisotopic (exact) mass is 281 g/mol. The first kappa shape index (κ1) is 15.8. The highest BCUT2D eigenvalue weighted by Gasteiger charge is 2.17. The second-order valence-electron chi connectivity index (χ2n) is 3.97. The molecule has 0 unspecified atom stereocenters. The summed E-state index contributed by atoms with van der Waals surface area (Å²) < 4.78 is 14.9. The molecule has 0 radical (unpaired) electrons. The molecule has 2 N–H and O–H groups in total. The number of carbonyl (C=O) groups is 2. The molecule has 0 fully saturated rings. The summed E-state index contributed by atoms with van der Waals surface area (Å²) in [5.41, 5.74) is 6.29. The predicted octanol–water partition coefficient (Wildman–Crippen LogP) is 1.78. The molecule has 0 aliphatic carbocycles. The summed E-state index contributed by atoms with van der Waals surface area (Å²) in [6.45, 7) is 2.36. The van der Waals surface area contributed by atoms with Crippen LogP contribution in [0.2, 0.25) is 0 Å². The molecule has 0 saturated heterocycles. The molecule has 0 aromatic heterocycles. The molecule has 20 heavy (non-hydrogen) atoms. The highest BCUT2D eigenvalue weighted by Crippen LogP contribution is 2.25. The average Bonchev–Trinajstić information content (AvgIpc) is 2.43. The third kappa shape index (κ3) is 4.46. The lowest BCUT2D eigenvalue weighted by Crippen LogP contribution is -2.12. The Labute approximate surface area is 117 Å². The first-order chi connectivity index (χ1) is 9.60. The van der Waals surface area contributed by atoms with E-state index in [2.05, 4.69) is 4.74 Å². The number of nitrogen functional groups attached to an aromatic ring is 1. The molecule has 0 aliphatic heterocycles. The molecule has 0 saturated carbocycles. The largest absolute Gasteiger partial charge is 0.493 e. The van der Waals surface area contributed by atoms with Gasteiger partial charge < -0.3 is 19.9 Å². The number of hydrogen-bond acceptors (Lipinski definition) is 6. The van der Waals surface area contributed by atoms with E-state index in [1.165, 1.54) is 7.11 Å². The minimum atomic E-state index is -0.559. The second-order valence-corrected chi connectivity index (χ2v) is 3.97. The Morgan fingerprint density at radius 1 is 1.30 bits per heavy atom. The maximum Gasteiger partial charge on any atom is 0.344 e. The summed E-state index contributed by atoms with van der Waals surface area (Å²) in [4.78, 5) is 22.9. The molecule has 1 rings (SSSR count). The lowest BCUT2D eigenvalue weighted by molar-refractivity contribution is -0.140. The molecule has 0 amide bonds. The second kappa shape index (κ2) is 8.04. The Morgan fingerprint density at radius 3 is 2.70 bits per heavy atom. The van der Waals surface area contributed by atoms with Crippen molar-refractivity contribution in [1.29, 1.82) is 0 Å². The van der Waals surface area contributed by atoms with Crippen LogP contribution in [-0.2, 0) is 14.3 Å². The lowest BCUT2D eigenvalue weighted by Gasteiger charge is -2.12. The van der Waals surface area contributed by atoms with Gasteiger partial charge in [-0.1, -0.05) is 6.07 Å². The summed E-state index contributed by atoms with van der Waals surface area (Å²) >= 11 is 0. The summed E-state index contributed by atoms with van der Waals surface area (Å²) in [6.07, 6.45) is 0.599. The fourth-order valence-electron chi connectivity index (χ4n) is 1.60.